The van der Waals surface area contributed by atoms with E-state index in [1.165, 1.54) is 0 Å². The quantitative estimate of drug-likeness (QED) is 0.743. The predicted molar refractivity (Wildman–Crippen MR) is 90.1 cm³/mol. The van der Waals surface area contributed by atoms with E-state index in [0.29, 0.717) is 19.5 Å². The van der Waals surface area contributed by atoms with Gasteiger partial charge in [0.1, 0.15) is 11.5 Å². The van der Waals surface area contributed by atoms with Crippen LogP contribution in [0.1, 0.15) is 37.3 Å². The van der Waals surface area contributed by atoms with Crippen molar-refractivity contribution in [2.75, 3.05) is 27.3 Å². The van der Waals surface area contributed by atoms with Gasteiger partial charge in [-0.15, -0.1) is 0 Å². The molecule has 1 aliphatic heterocycles. The van der Waals surface area contributed by atoms with Gasteiger partial charge in [-0.3, -0.25) is 4.79 Å². The fourth-order valence-electron chi connectivity index (χ4n) is 2.99. The standard InChI is InChI=1S/C17H25N3O4/c1-23-12-7-8-15(24-2)13(11-12)14-5-4-10-20(14)17(22)19-9-3-6-16(18)21/h7-8,11,14H,3-6,9-10H2,1-2H3,(H2,18,21)(H,19,22)/t14-/m0/s1. The minimum atomic E-state index is -0.357. The Morgan fingerprint density at radius 2 is 2.12 bits per heavy atom. The van der Waals surface area contributed by atoms with Gasteiger partial charge >= 0.3 is 6.03 Å². The minimum Gasteiger partial charge on any atom is -0.497 e. The lowest BCUT2D eigenvalue weighted by atomic mass is 10.0. The molecule has 7 nitrogen and oxygen atoms in total. The molecule has 1 aromatic rings. The first-order chi connectivity index (χ1) is 11.6. The van der Waals surface area contributed by atoms with Gasteiger partial charge in [0.2, 0.25) is 5.91 Å². The van der Waals surface area contributed by atoms with Crippen LogP contribution in [-0.2, 0) is 4.79 Å². The summed E-state index contributed by atoms with van der Waals surface area (Å²) in [6.45, 7) is 1.12. The molecule has 0 unspecified atom stereocenters. The molecule has 3 N–H and O–H groups in total. The molecule has 0 spiro atoms. The third-order valence-corrected chi connectivity index (χ3v) is 4.19. The maximum Gasteiger partial charge on any atom is 0.317 e. The Labute approximate surface area is 142 Å². The smallest absolute Gasteiger partial charge is 0.317 e. The van der Waals surface area contributed by atoms with Crippen molar-refractivity contribution < 1.29 is 19.1 Å². The van der Waals surface area contributed by atoms with Crippen molar-refractivity contribution >= 4 is 11.9 Å². The van der Waals surface area contributed by atoms with Gasteiger partial charge in [-0.25, -0.2) is 4.79 Å². The monoisotopic (exact) mass is 335 g/mol. The number of primary amides is 1. The highest BCUT2D eigenvalue weighted by Gasteiger charge is 2.32. The van der Waals surface area contributed by atoms with Crippen molar-refractivity contribution in [3.63, 3.8) is 0 Å². The molecule has 0 aromatic heterocycles. The molecule has 0 saturated carbocycles. The van der Waals surface area contributed by atoms with Gasteiger partial charge in [0, 0.05) is 25.1 Å². The molecule has 1 aliphatic rings. The Bertz CT molecular complexity index is 591. The van der Waals surface area contributed by atoms with Crippen LogP contribution in [-0.4, -0.2) is 44.1 Å². The normalized spacial score (nSPS) is 16.8. The molecule has 0 aliphatic carbocycles. The minimum absolute atomic E-state index is 0.0498. The van der Waals surface area contributed by atoms with Crippen LogP contribution >= 0.6 is 0 Å². The Morgan fingerprint density at radius 1 is 1.33 bits per heavy atom. The number of carbonyl (C=O) groups is 2. The highest BCUT2D eigenvalue weighted by molar-refractivity contribution is 5.76. The summed E-state index contributed by atoms with van der Waals surface area (Å²) in [7, 11) is 3.23. The molecule has 24 heavy (non-hydrogen) atoms. The summed E-state index contributed by atoms with van der Waals surface area (Å²) >= 11 is 0. The van der Waals surface area contributed by atoms with Crippen molar-refractivity contribution in [3.05, 3.63) is 23.8 Å². The molecule has 0 radical (unpaired) electrons. The first-order valence-corrected chi connectivity index (χ1v) is 8.11. The number of amides is 3. The maximum atomic E-state index is 12.5. The molecule has 132 valence electrons. The fraction of sp³-hybridized carbons (Fsp3) is 0.529. The van der Waals surface area contributed by atoms with E-state index in [-0.39, 0.29) is 24.4 Å². The topological polar surface area (TPSA) is 93.9 Å². The highest BCUT2D eigenvalue weighted by Crippen LogP contribution is 2.38. The van der Waals surface area contributed by atoms with Crippen molar-refractivity contribution in [2.45, 2.75) is 31.7 Å². The van der Waals surface area contributed by atoms with Crippen LogP contribution in [0.4, 0.5) is 4.79 Å². The van der Waals surface area contributed by atoms with Crippen molar-refractivity contribution in [2.24, 2.45) is 5.73 Å². The molecule has 1 atom stereocenters. The zero-order valence-electron chi connectivity index (χ0n) is 14.2. The van der Waals surface area contributed by atoms with Crippen LogP contribution in [0.3, 0.4) is 0 Å². The van der Waals surface area contributed by atoms with Gasteiger partial charge in [0.05, 0.1) is 20.3 Å². The van der Waals surface area contributed by atoms with Crippen LogP contribution in [0.25, 0.3) is 0 Å². The molecule has 1 saturated heterocycles. The second kappa shape index (κ2) is 8.42. The predicted octanol–water partition coefficient (Wildman–Crippen LogP) is 1.82. The van der Waals surface area contributed by atoms with E-state index >= 15 is 0 Å². The van der Waals surface area contributed by atoms with Gasteiger partial charge in [-0.1, -0.05) is 0 Å². The third kappa shape index (κ3) is 4.31. The second-order valence-corrected chi connectivity index (χ2v) is 5.76. The van der Waals surface area contributed by atoms with E-state index in [0.717, 1.165) is 29.9 Å². The first kappa shape index (κ1) is 17.9. The van der Waals surface area contributed by atoms with E-state index in [1.807, 2.05) is 23.1 Å². The molecule has 1 heterocycles. The number of likely N-dealkylation sites (tertiary alicyclic amines) is 1. The zero-order valence-corrected chi connectivity index (χ0v) is 14.2. The van der Waals surface area contributed by atoms with Gasteiger partial charge in [0.15, 0.2) is 0 Å². The summed E-state index contributed by atoms with van der Waals surface area (Å²) in [6.07, 6.45) is 2.62. The number of nitrogens with two attached hydrogens (primary N) is 1. The largest absolute Gasteiger partial charge is 0.497 e. The number of hydrogen-bond acceptors (Lipinski definition) is 4. The third-order valence-electron chi connectivity index (χ3n) is 4.19. The zero-order chi connectivity index (χ0) is 17.5. The number of hydrogen-bond donors (Lipinski definition) is 2. The number of carbonyl (C=O) groups excluding carboxylic acids is 2. The molecule has 2 rings (SSSR count). The average molecular weight is 335 g/mol. The molecular formula is C17H25N3O4. The Morgan fingerprint density at radius 3 is 2.79 bits per heavy atom. The maximum absolute atomic E-state index is 12.5. The number of nitrogens with one attached hydrogen (secondary N) is 1. The number of methoxy groups -OCH3 is 2. The van der Waals surface area contributed by atoms with Gasteiger partial charge in [-0.2, -0.15) is 0 Å². The first-order valence-electron chi connectivity index (χ1n) is 8.11. The highest BCUT2D eigenvalue weighted by atomic mass is 16.5. The molecular weight excluding hydrogens is 310 g/mol. The van der Waals surface area contributed by atoms with Crippen LogP contribution in [0.5, 0.6) is 11.5 Å². The van der Waals surface area contributed by atoms with Crippen LogP contribution < -0.4 is 20.5 Å². The Kier molecular flexibility index (Phi) is 6.28. The van der Waals surface area contributed by atoms with E-state index in [2.05, 4.69) is 5.32 Å². The molecule has 1 fully saturated rings. The fourth-order valence-corrected chi connectivity index (χ4v) is 2.99. The lowest BCUT2D eigenvalue weighted by Crippen LogP contribution is -2.40. The van der Waals surface area contributed by atoms with E-state index < -0.39 is 0 Å². The molecule has 7 heteroatoms. The average Bonchev–Trinajstić information content (AvgIpc) is 3.07. The number of nitrogens with zero attached hydrogens (tertiary/aromatic N) is 1. The SMILES string of the molecule is COc1ccc(OC)c([C@@H]2CCCN2C(=O)NCCCC(N)=O)c1. The van der Waals surface area contributed by atoms with E-state index in [1.54, 1.807) is 14.2 Å². The van der Waals surface area contributed by atoms with Crippen molar-refractivity contribution in [3.8, 4) is 11.5 Å². The van der Waals surface area contributed by atoms with Gasteiger partial charge in [-0.05, 0) is 37.5 Å². The number of urea groups is 1. The molecule has 3 amide bonds. The van der Waals surface area contributed by atoms with Crippen LogP contribution in [0, 0.1) is 0 Å². The second-order valence-electron chi connectivity index (χ2n) is 5.76. The van der Waals surface area contributed by atoms with E-state index in [4.69, 9.17) is 15.2 Å². The summed E-state index contributed by atoms with van der Waals surface area (Å²) in [6, 6.07) is 5.43. The Balaban J connectivity index is 2.07. The molecule has 0 bridgehead atoms. The van der Waals surface area contributed by atoms with Crippen molar-refractivity contribution in [1.29, 1.82) is 0 Å². The van der Waals surface area contributed by atoms with E-state index in [9.17, 15) is 9.59 Å². The summed E-state index contributed by atoms with van der Waals surface area (Å²) in [4.78, 5) is 25.0. The lowest BCUT2D eigenvalue weighted by molar-refractivity contribution is -0.118. The van der Waals surface area contributed by atoms with Gasteiger partial charge in [0.25, 0.3) is 0 Å². The van der Waals surface area contributed by atoms with Crippen LogP contribution in [0.15, 0.2) is 18.2 Å². The number of ether oxygens (including phenoxy) is 2. The summed E-state index contributed by atoms with van der Waals surface area (Å²) < 4.78 is 10.7. The summed E-state index contributed by atoms with van der Waals surface area (Å²) in [5, 5.41) is 2.85. The molecule has 1 aromatic carbocycles. The van der Waals surface area contributed by atoms with Crippen LogP contribution in [0.2, 0.25) is 0 Å². The summed E-state index contributed by atoms with van der Waals surface area (Å²) in [5.41, 5.74) is 6.05. The summed E-state index contributed by atoms with van der Waals surface area (Å²) in [5.74, 6) is 1.12. The van der Waals surface area contributed by atoms with Crippen molar-refractivity contribution in [1.82, 2.24) is 10.2 Å². The number of benzene rings is 1. The Hall–Kier alpha value is -2.44. The lowest BCUT2D eigenvalue weighted by Gasteiger charge is -2.27. The van der Waals surface area contributed by atoms with Gasteiger partial charge < -0.3 is 25.4 Å². The number of rotatable bonds is 7.